The van der Waals surface area contributed by atoms with Gasteiger partial charge in [-0.25, -0.2) is 13.2 Å². The summed E-state index contributed by atoms with van der Waals surface area (Å²) in [6, 6.07) is 15.2. The lowest BCUT2D eigenvalue weighted by Gasteiger charge is -2.34. The summed E-state index contributed by atoms with van der Waals surface area (Å²) >= 11 is 3.29. The first kappa shape index (κ1) is 17.8. The Balaban J connectivity index is 2.06. The van der Waals surface area contributed by atoms with Gasteiger partial charge in [-0.05, 0) is 36.2 Å². The Labute approximate surface area is 154 Å². The minimum Gasteiger partial charge on any atom is -0.478 e. The molecule has 0 unspecified atom stereocenters. The lowest BCUT2D eigenvalue weighted by atomic mass is 9.98. The molecular weight excluding hydrogens is 406 g/mol. The maximum absolute atomic E-state index is 13.1. The van der Waals surface area contributed by atoms with E-state index in [1.165, 1.54) is 16.4 Å². The summed E-state index contributed by atoms with van der Waals surface area (Å²) in [5, 5.41) is 9.29. The molecule has 2 aromatic rings. The number of hydrogen-bond acceptors (Lipinski definition) is 3. The van der Waals surface area contributed by atoms with Crippen LogP contribution in [0.15, 0.2) is 75.6 Å². The highest BCUT2D eigenvalue weighted by molar-refractivity contribution is 9.10. The highest BCUT2D eigenvalue weighted by Gasteiger charge is 2.36. The third-order valence-electron chi connectivity index (χ3n) is 4.14. The second kappa shape index (κ2) is 7.11. The Bertz CT molecular complexity index is 908. The van der Waals surface area contributed by atoms with E-state index in [-0.39, 0.29) is 17.0 Å². The van der Waals surface area contributed by atoms with E-state index in [1.807, 2.05) is 30.3 Å². The summed E-state index contributed by atoms with van der Waals surface area (Å²) in [6.07, 6.45) is 1.93. The number of benzene rings is 2. The fourth-order valence-corrected chi connectivity index (χ4v) is 4.71. The van der Waals surface area contributed by atoms with Crippen molar-refractivity contribution in [1.29, 1.82) is 0 Å². The normalized spacial score (nSPS) is 18.6. The molecule has 1 heterocycles. The standard InChI is InChI=1S/C18H16BrNO4S/c19-15-7-9-16(10-8-15)25(23,24)20-12-14(18(21)22)6-11-17(20)13-4-2-1-3-5-13/h1-10,17H,11-12H2,(H,21,22)/t17-/m1/s1. The molecule has 7 heteroatoms. The predicted molar refractivity (Wildman–Crippen MR) is 97.6 cm³/mol. The summed E-state index contributed by atoms with van der Waals surface area (Å²) < 4.78 is 28.3. The Kier molecular flexibility index (Phi) is 5.08. The molecule has 1 aliphatic heterocycles. The van der Waals surface area contributed by atoms with E-state index in [9.17, 15) is 18.3 Å². The van der Waals surface area contributed by atoms with Crippen molar-refractivity contribution in [3.8, 4) is 0 Å². The van der Waals surface area contributed by atoms with E-state index in [2.05, 4.69) is 15.9 Å². The lowest BCUT2D eigenvalue weighted by Crippen LogP contribution is -2.39. The van der Waals surface area contributed by atoms with Crippen LogP contribution in [-0.2, 0) is 14.8 Å². The number of carboxylic acid groups (broad SMARTS) is 1. The second-order valence-corrected chi connectivity index (χ2v) is 8.51. The molecule has 0 radical (unpaired) electrons. The number of hydrogen-bond donors (Lipinski definition) is 1. The molecule has 0 bridgehead atoms. The van der Waals surface area contributed by atoms with Gasteiger partial charge in [-0.3, -0.25) is 0 Å². The zero-order valence-electron chi connectivity index (χ0n) is 13.2. The molecule has 2 aromatic carbocycles. The van der Waals surface area contributed by atoms with Gasteiger partial charge >= 0.3 is 5.97 Å². The predicted octanol–water partition coefficient (Wildman–Crippen LogP) is 3.60. The third-order valence-corrected chi connectivity index (χ3v) is 6.54. The summed E-state index contributed by atoms with van der Waals surface area (Å²) in [7, 11) is -3.83. The maximum atomic E-state index is 13.1. The molecule has 130 valence electrons. The van der Waals surface area contributed by atoms with Crippen LogP contribution in [0.4, 0.5) is 0 Å². The molecular formula is C18H16BrNO4S. The summed E-state index contributed by atoms with van der Waals surface area (Å²) in [6.45, 7) is -0.159. The van der Waals surface area contributed by atoms with Crippen molar-refractivity contribution >= 4 is 31.9 Å². The molecule has 1 atom stereocenters. The Hall–Kier alpha value is -1.96. The first-order chi connectivity index (χ1) is 11.9. The fourth-order valence-electron chi connectivity index (χ4n) is 2.84. The Morgan fingerprint density at radius 1 is 1.08 bits per heavy atom. The van der Waals surface area contributed by atoms with Gasteiger partial charge in [0.1, 0.15) is 0 Å². The van der Waals surface area contributed by atoms with E-state index in [0.29, 0.717) is 6.42 Å². The van der Waals surface area contributed by atoms with Gasteiger partial charge in [-0.1, -0.05) is 52.3 Å². The van der Waals surface area contributed by atoms with E-state index >= 15 is 0 Å². The van der Waals surface area contributed by atoms with Crippen molar-refractivity contribution < 1.29 is 18.3 Å². The van der Waals surface area contributed by atoms with Crippen molar-refractivity contribution in [2.75, 3.05) is 6.54 Å². The van der Waals surface area contributed by atoms with Crippen molar-refractivity contribution in [3.63, 3.8) is 0 Å². The van der Waals surface area contributed by atoms with Crippen LogP contribution in [0.5, 0.6) is 0 Å². The fraction of sp³-hybridized carbons (Fsp3) is 0.167. The van der Waals surface area contributed by atoms with Crippen molar-refractivity contribution in [2.45, 2.75) is 17.4 Å². The summed E-state index contributed by atoms with van der Waals surface area (Å²) in [4.78, 5) is 11.5. The molecule has 1 aliphatic rings. The summed E-state index contributed by atoms with van der Waals surface area (Å²) in [5.41, 5.74) is 0.928. The van der Waals surface area contributed by atoms with Crippen LogP contribution in [-0.4, -0.2) is 30.3 Å². The third kappa shape index (κ3) is 3.68. The maximum Gasteiger partial charge on any atom is 0.332 e. The molecule has 0 saturated carbocycles. The molecule has 3 rings (SSSR count). The Morgan fingerprint density at radius 3 is 2.32 bits per heavy atom. The van der Waals surface area contributed by atoms with Crippen molar-refractivity contribution in [3.05, 3.63) is 76.3 Å². The zero-order valence-corrected chi connectivity index (χ0v) is 15.6. The van der Waals surface area contributed by atoms with Crippen LogP contribution in [0, 0.1) is 0 Å². The largest absolute Gasteiger partial charge is 0.478 e. The van der Waals surface area contributed by atoms with E-state index in [1.54, 1.807) is 18.2 Å². The molecule has 25 heavy (non-hydrogen) atoms. The molecule has 1 N–H and O–H groups in total. The first-order valence-electron chi connectivity index (χ1n) is 7.64. The number of sulfonamides is 1. The monoisotopic (exact) mass is 421 g/mol. The summed E-state index contributed by atoms with van der Waals surface area (Å²) in [5.74, 6) is -1.09. The topological polar surface area (TPSA) is 74.7 Å². The smallest absolute Gasteiger partial charge is 0.332 e. The van der Waals surface area contributed by atoms with Gasteiger partial charge in [-0.15, -0.1) is 0 Å². The molecule has 0 saturated heterocycles. The molecule has 0 amide bonds. The van der Waals surface area contributed by atoms with Gasteiger partial charge in [-0.2, -0.15) is 4.31 Å². The first-order valence-corrected chi connectivity index (χ1v) is 9.87. The SMILES string of the molecule is O=C(O)C1=CC[C@H](c2ccccc2)N(S(=O)(=O)c2ccc(Br)cc2)C1. The van der Waals surface area contributed by atoms with Gasteiger partial charge in [0.2, 0.25) is 10.0 Å². The highest BCUT2D eigenvalue weighted by atomic mass is 79.9. The highest BCUT2D eigenvalue weighted by Crippen LogP contribution is 2.35. The Morgan fingerprint density at radius 2 is 1.72 bits per heavy atom. The van der Waals surface area contributed by atoms with Crippen LogP contribution in [0.3, 0.4) is 0 Å². The van der Waals surface area contributed by atoms with E-state index in [0.717, 1.165) is 10.0 Å². The van der Waals surface area contributed by atoms with E-state index in [4.69, 9.17) is 0 Å². The molecule has 0 fully saturated rings. The van der Waals surface area contributed by atoms with Gasteiger partial charge in [0.25, 0.3) is 0 Å². The average molecular weight is 422 g/mol. The van der Waals surface area contributed by atoms with Crippen molar-refractivity contribution in [2.24, 2.45) is 0 Å². The number of nitrogens with zero attached hydrogens (tertiary/aromatic N) is 1. The van der Waals surface area contributed by atoms with Gasteiger partial charge in [0.15, 0.2) is 0 Å². The van der Waals surface area contributed by atoms with Gasteiger partial charge in [0, 0.05) is 16.6 Å². The van der Waals surface area contributed by atoms with Crippen LogP contribution < -0.4 is 0 Å². The van der Waals surface area contributed by atoms with Crippen LogP contribution in [0.2, 0.25) is 0 Å². The minimum absolute atomic E-state index is 0.0906. The van der Waals surface area contributed by atoms with Crippen LogP contribution in [0.25, 0.3) is 0 Å². The number of aliphatic carboxylic acids is 1. The number of carboxylic acids is 1. The lowest BCUT2D eigenvalue weighted by molar-refractivity contribution is -0.133. The molecule has 0 spiro atoms. The zero-order chi connectivity index (χ0) is 18.0. The van der Waals surface area contributed by atoms with Gasteiger partial charge < -0.3 is 5.11 Å². The van der Waals surface area contributed by atoms with Crippen LogP contribution >= 0.6 is 15.9 Å². The van der Waals surface area contributed by atoms with Crippen molar-refractivity contribution in [1.82, 2.24) is 4.31 Å². The van der Waals surface area contributed by atoms with E-state index < -0.39 is 22.0 Å². The average Bonchev–Trinajstić information content (AvgIpc) is 2.62. The second-order valence-electron chi connectivity index (χ2n) is 5.70. The molecule has 5 nitrogen and oxygen atoms in total. The van der Waals surface area contributed by atoms with Gasteiger partial charge in [0.05, 0.1) is 10.9 Å². The number of rotatable bonds is 4. The van der Waals surface area contributed by atoms with Crippen LogP contribution in [0.1, 0.15) is 18.0 Å². The molecule has 0 aliphatic carbocycles. The molecule has 0 aromatic heterocycles. The minimum atomic E-state index is -3.83. The number of halogens is 1. The number of carbonyl (C=O) groups is 1. The quantitative estimate of drug-likeness (QED) is 0.817.